The van der Waals surface area contributed by atoms with Crippen molar-refractivity contribution >= 4 is 10.0 Å². The molecule has 2 aliphatic rings. The van der Waals surface area contributed by atoms with Crippen LogP contribution in [0.2, 0.25) is 0 Å². The third kappa shape index (κ3) is 2.37. The molecule has 0 radical (unpaired) electrons. The number of aliphatic hydroxyl groups excluding tert-OH is 1. The molecule has 2 unspecified atom stereocenters. The summed E-state index contributed by atoms with van der Waals surface area (Å²) in [5, 5.41) is 9.00. The first-order chi connectivity index (χ1) is 9.95. The number of hydrogen-bond acceptors (Lipinski definition) is 3. The molecule has 4 nitrogen and oxygen atoms in total. The van der Waals surface area contributed by atoms with Gasteiger partial charge in [-0.15, -0.1) is 0 Å². The fourth-order valence-corrected chi connectivity index (χ4v) is 5.09. The molecule has 1 aromatic rings. The van der Waals surface area contributed by atoms with Crippen LogP contribution in [-0.2, 0) is 16.6 Å². The number of benzene rings is 1. The van der Waals surface area contributed by atoms with Gasteiger partial charge in [0.2, 0.25) is 10.0 Å². The fraction of sp³-hybridized carbons (Fsp3) is 0.571. The molecule has 0 spiro atoms. The van der Waals surface area contributed by atoms with Gasteiger partial charge in [-0.1, -0.05) is 6.42 Å². The first-order valence-corrected chi connectivity index (χ1v) is 8.47. The summed E-state index contributed by atoms with van der Waals surface area (Å²) in [6.45, 7) is -0.0666. The van der Waals surface area contributed by atoms with E-state index in [1.165, 1.54) is 4.31 Å². The zero-order valence-corrected chi connectivity index (χ0v) is 12.2. The molecule has 116 valence electrons. The van der Waals surface area contributed by atoms with Crippen LogP contribution in [0, 0.1) is 23.5 Å². The van der Waals surface area contributed by atoms with Gasteiger partial charge in [-0.05, 0) is 36.8 Å². The highest BCUT2D eigenvalue weighted by molar-refractivity contribution is 7.89. The fourth-order valence-electron chi connectivity index (χ4n) is 3.45. The second kappa shape index (κ2) is 5.30. The van der Waals surface area contributed by atoms with Crippen LogP contribution in [0.4, 0.5) is 8.78 Å². The summed E-state index contributed by atoms with van der Waals surface area (Å²) in [5.74, 6) is -1.43. The molecule has 2 fully saturated rings. The van der Waals surface area contributed by atoms with Gasteiger partial charge in [0.25, 0.3) is 0 Å². The monoisotopic (exact) mass is 317 g/mol. The van der Waals surface area contributed by atoms with Crippen molar-refractivity contribution in [2.45, 2.75) is 30.8 Å². The van der Waals surface area contributed by atoms with E-state index in [0.717, 1.165) is 31.4 Å². The molecule has 21 heavy (non-hydrogen) atoms. The molecule has 0 aromatic heterocycles. The van der Waals surface area contributed by atoms with E-state index in [2.05, 4.69) is 0 Å². The van der Waals surface area contributed by atoms with Gasteiger partial charge in [0.1, 0.15) is 10.7 Å². The lowest BCUT2D eigenvalue weighted by molar-refractivity contribution is 0.267. The van der Waals surface area contributed by atoms with Crippen molar-refractivity contribution in [3.63, 3.8) is 0 Å². The van der Waals surface area contributed by atoms with Crippen molar-refractivity contribution < 1.29 is 22.3 Å². The van der Waals surface area contributed by atoms with Gasteiger partial charge in [-0.3, -0.25) is 0 Å². The van der Waals surface area contributed by atoms with Crippen LogP contribution in [-0.4, -0.2) is 30.9 Å². The van der Waals surface area contributed by atoms with Crippen molar-refractivity contribution in [1.82, 2.24) is 4.31 Å². The number of halogens is 2. The Bertz CT molecular complexity index is 650. The van der Waals surface area contributed by atoms with Crippen molar-refractivity contribution in [2.24, 2.45) is 11.8 Å². The molecule has 2 atom stereocenters. The zero-order valence-electron chi connectivity index (χ0n) is 11.4. The van der Waals surface area contributed by atoms with Gasteiger partial charge in [-0.2, -0.15) is 4.31 Å². The Kier molecular flexibility index (Phi) is 3.75. The molecule has 1 aromatic carbocycles. The first-order valence-electron chi connectivity index (χ1n) is 7.03. The van der Waals surface area contributed by atoms with Gasteiger partial charge in [0, 0.05) is 13.1 Å². The molecule has 0 amide bonds. The summed E-state index contributed by atoms with van der Waals surface area (Å²) < 4.78 is 53.9. The number of sulfonamides is 1. The number of nitrogens with zero attached hydrogens (tertiary/aromatic N) is 1. The average Bonchev–Trinajstić information content (AvgIpc) is 2.99. The van der Waals surface area contributed by atoms with Gasteiger partial charge in [0.15, 0.2) is 5.82 Å². The van der Waals surface area contributed by atoms with E-state index in [4.69, 9.17) is 5.11 Å². The summed E-state index contributed by atoms with van der Waals surface area (Å²) in [5.41, 5.74) is -0.601. The zero-order chi connectivity index (χ0) is 15.2. The molecule has 1 N–H and O–H groups in total. The molecule has 1 aliphatic carbocycles. The predicted octanol–water partition coefficient (Wildman–Crippen LogP) is 1.88. The topological polar surface area (TPSA) is 57.6 Å². The minimum atomic E-state index is -3.98. The molecular weight excluding hydrogens is 300 g/mol. The van der Waals surface area contributed by atoms with Gasteiger partial charge in [-0.25, -0.2) is 17.2 Å². The van der Waals surface area contributed by atoms with Crippen molar-refractivity contribution in [1.29, 1.82) is 0 Å². The Balaban J connectivity index is 1.96. The smallest absolute Gasteiger partial charge is 0.246 e. The maximum atomic E-state index is 14.2. The maximum Gasteiger partial charge on any atom is 0.246 e. The lowest BCUT2D eigenvalue weighted by atomic mass is 10.0. The third-order valence-corrected chi connectivity index (χ3v) is 6.47. The number of rotatable bonds is 3. The SMILES string of the molecule is O=S(=O)(c1ccc(F)c(CO)c1F)N1CC2CCCC2C1. The van der Waals surface area contributed by atoms with Gasteiger partial charge in [0.05, 0.1) is 12.2 Å². The van der Waals surface area contributed by atoms with Crippen LogP contribution in [0.5, 0.6) is 0 Å². The van der Waals surface area contributed by atoms with Crippen LogP contribution in [0.3, 0.4) is 0 Å². The summed E-state index contributed by atoms with van der Waals surface area (Å²) >= 11 is 0. The Morgan fingerprint density at radius 2 is 1.81 bits per heavy atom. The lowest BCUT2D eigenvalue weighted by Crippen LogP contribution is -2.30. The highest BCUT2D eigenvalue weighted by atomic mass is 32.2. The van der Waals surface area contributed by atoms with Gasteiger partial charge < -0.3 is 5.11 Å². The van der Waals surface area contributed by atoms with E-state index in [1.54, 1.807) is 0 Å². The summed E-state index contributed by atoms with van der Waals surface area (Å²) in [6, 6.07) is 1.83. The van der Waals surface area contributed by atoms with E-state index in [1.807, 2.05) is 0 Å². The highest BCUT2D eigenvalue weighted by Gasteiger charge is 2.42. The molecule has 1 saturated heterocycles. The molecule has 1 saturated carbocycles. The van der Waals surface area contributed by atoms with Crippen LogP contribution in [0.1, 0.15) is 24.8 Å². The highest BCUT2D eigenvalue weighted by Crippen LogP contribution is 2.40. The molecule has 7 heteroatoms. The largest absolute Gasteiger partial charge is 0.391 e. The average molecular weight is 317 g/mol. The van der Waals surface area contributed by atoms with E-state index in [-0.39, 0.29) is 0 Å². The quantitative estimate of drug-likeness (QED) is 0.926. The predicted molar refractivity (Wildman–Crippen MR) is 71.9 cm³/mol. The van der Waals surface area contributed by atoms with Crippen molar-refractivity contribution in [2.75, 3.05) is 13.1 Å². The number of aliphatic hydroxyl groups is 1. The maximum absolute atomic E-state index is 14.2. The molecule has 0 bridgehead atoms. The normalized spacial score (nSPS) is 26.2. The third-order valence-electron chi connectivity index (χ3n) is 4.62. The molecule has 1 aliphatic heterocycles. The summed E-state index contributed by atoms with van der Waals surface area (Å²) in [6.07, 6.45) is 3.12. The van der Waals surface area contributed by atoms with Crippen molar-refractivity contribution in [3.8, 4) is 0 Å². The van der Waals surface area contributed by atoms with E-state index >= 15 is 0 Å². The Labute approximate surface area is 122 Å². The van der Waals surface area contributed by atoms with E-state index < -0.39 is 38.7 Å². The van der Waals surface area contributed by atoms with Crippen LogP contribution in [0.15, 0.2) is 17.0 Å². The van der Waals surface area contributed by atoms with Crippen LogP contribution < -0.4 is 0 Å². The molecule has 1 heterocycles. The van der Waals surface area contributed by atoms with E-state index in [9.17, 15) is 17.2 Å². The second-order valence-corrected chi connectivity index (χ2v) is 7.68. The van der Waals surface area contributed by atoms with Crippen LogP contribution >= 0.6 is 0 Å². The van der Waals surface area contributed by atoms with Gasteiger partial charge >= 0.3 is 0 Å². The molecular formula is C14H17F2NO3S. The minimum absolute atomic E-state index is 0.348. The summed E-state index contributed by atoms with van der Waals surface area (Å²) in [4.78, 5) is -0.548. The van der Waals surface area contributed by atoms with E-state index in [0.29, 0.717) is 24.9 Å². The van der Waals surface area contributed by atoms with Crippen molar-refractivity contribution in [3.05, 3.63) is 29.3 Å². The number of fused-ring (bicyclic) bond motifs is 1. The second-order valence-electron chi connectivity index (χ2n) is 5.77. The standard InChI is InChI=1S/C14H17F2NO3S/c15-12-4-5-13(14(16)11(12)8-18)21(19,20)17-6-9-2-1-3-10(9)7-17/h4-5,9-10,18H,1-3,6-8H2. The summed E-state index contributed by atoms with van der Waals surface area (Å²) in [7, 11) is -3.98. The Hall–Kier alpha value is -1.05. The number of hydrogen-bond donors (Lipinski definition) is 1. The lowest BCUT2D eigenvalue weighted by Gasteiger charge is -2.18. The Morgan fingerprint density at radius 3 is 2.38 bits per heavy atom. The molecule has 3 rings (SSSR count). The minimum Gasteiger partial charge on any atom is -0.391 e. The van der Waals surface area contributed by atoms with Crippen LogP contribution in [0.25, 0.3) is 0 Å². The first kappa shape index (κ1) is 14.9. The Morgan fingerprint density at radius 1 is 1.19 bits per heavy atom.